The molecule has 3 nitrogen and oxygen atoms in total. The normalized spacial score (nSPS) is 10.7. The first-order valence-electron chi connectivity index (χ1n) is 11.1. The van der Waals surface area contributed by atoms with E-state index >= 15 is 0 Å². The van der Waals surface area contributed by atoms with Gasteiger partial charge in [-0.25, -0.2) is 4.79 Å². The molecule has 0 aliphatic carbocycles. The zero-order valence-corrected chi connectivity index (χ0v) is 18.3. The number of aryl methyl sites for hydroxylation is 3. The molecule has 0 saturated carbocycles. The van der Waals surface area contributed by atoms with E-state index in [-0.39, 0.29) is 12.8 Å². The summed E-state index contributed by atoms with van der Waals surface area (Å²) in [6.45, 7) is 6.24. The molecule has 2 aromatic rings. The lowest BCUT2D eigenvalue weighted by Gasteiger charge is -2.13. The van der Waals surface area contributed by atoms with Crippen LogP contribution in [0, 0.1) is 13.8 Å². The van der Waals surface area contributed by atoms with E-state index in [9.17, 15) is 4.79 Å². The second-order valence-corrected chi connectivity index (χ2v) is 7.90. The maximum Gasteiger partial charge on any atom is 0.341 e. The van der Waals surface area contributed by atoms with Crippen molar-refractivity contribution in [1.82, 2.24) is 0 Å². The Morgan fingerprint density at radius 3 is 2.24 bits per heavy atom. The first-order chi connectivity index (χ1) is 14.1. The van der Waals surface area contributed by atoms with E-state index in [1.165, 1.54) is 56.1 Å². The summed E-state index contributed by atoms with van der Waals surface area (Å²) in [5.74, 6) is 0.459. The first-order valence-corrected chi connectivity index (χ1v) is 11.1. The van der Waals surface area contributed by atoms with E-state index in [1.807, 2.05) is 37.3 Å². The van der Waals surface area contributed by atoms with Crippen LogP contribution < -0.4 is 4.74 Å². The van der Waals surface area contributed by atoms with Gasteiger partial charge in [-0.15, -0.1) is 0 Å². The third kappa shape index (κ3) is 8.72. The highest BCUT2D eigenvalue weighted by molar-refractivity contribution is 5.89. The number of esters is 1. The number of rotatable bonds is 13. The molecule has 0 radical (unpaired) electrons. The van der Waals surface area contributed by atoms with Crippen molar-refractivity contribution >= 4 is 5.97 Å². The van der Waals surface area contributed by atoms with Crippen molar-refractivity contribution in [2.45, 2.75) is 78.6 Å². The zero-order valence-electron chi connectivity index (χ0n) is 18.3. The van der Waals surface area contributed by atoms with Crippen LogP contribution in [0.4, 0.5) is 0 Å². The molecule has 0 atom stereocenters. The number of benzene rings is 2. The molecule has 0 aromatic heterocycles. The van der Waals surface area contributed by atoms with Crippen LogP contribution in [-0.2, 0) is 11.2 Å². The Hall–Kier alpha value is -2.29. The summed E-state index contributed by atoms with van der Waals surface area (Å²) < 4.78 is 11.1. The highest BCUT2D eigenvalue weighted by Gasteiger charge is 2.09. The minimum Gasteiger partial charge on any atom is -0.457 e. The molecule has 3 heteroatoms. The van der Waals surface area contributed by atoms with E-state index in [0.717, 1.165) is 24.2 Å². The van der Waals surface area contributed by atoms with Gasteiger partial charge in [0.05, 0.1) is 5.56 Å². The molecule has 0 amide bonds. The van der Waals surface area contributed by atoms with E-state index in [1.54, 1.807) is 6.07 Å². The monoisotopic (exact) mass is 396 g/mol. The SMILES string of the molecule is CCCCCCCCCCc1cc(C)ccc1OCOC(=O)c1cccc(C)c1. The predicted octanol–water partition coefficient (Wildman–Crippen LogP) is 7.18. The van der Waals surface area contributed by atoms with Crippen molar-refractivity contribution < 1.29 is 14.3 Å². The highest BCUT2D eigenvalue weighted by atomic mass is 16.7. The lowest BCUT2D eigenvalue weighted by Crippen LogP contribution is -2.11. The molecule has 0 heterocycles. The molecule has 2 rings (SSSR count). The molecule has 0 bridgehead atoms. The van der Waals surface area contributed by atoms with Crippen LogP contribution in [-0.4, -0.2) is 12.8 Å². The summed E-state index contributed by atoms with van der Waals surface area (Å²) in [7, 11) is 0. The number of ether oxygens (including phenoxy) is 2. The van der Waals surface area contributed by atoms with Crippen molar-refractivity contribution in [1.29, 1.82) is 0 Å². The predicted molar refractivity (Wildman–Crippen MR) is 120 cm³/mol. The summed E-state index contributed by atoms with van der Waals surface area (Å²) in [6, 6.07) is 13.6. The maximum atomic E-state index is 12.2. The highest BCUT2D eigenvalue weighted by Crippen LogP contribution is 2.23. The van der Waals surface area contributed by atoms with Gasteiger partial charge in [-0.1, -0.05) is 87.3 Å². The van der Waals surface area contributed by atoms with Gasteiger partial charge in [-0.05, 0) is 50.5 Å². The van der Waals surface area contributed by atoms with Gasteiger partial charge in [-0.2, -0.15) is 0 Å². The minimum absolute atomic E-state index is 0.0692. The lowest BCUT2D eigenvalue weighted by molar-refractivity contribution is 0.0151. The van der Waals surface area contributed by atoms with Gasteiger partial charge < -0.3 is 9.47 Å². The fraction of sp³-hybridized carbons (Fsp3) is 0.500. The molecule has 0 aliphatic rings. The quantitative estimate of drug-likeness (QED) is 0.204. The molecule has 0 aliphatic heterocycles. The van der Waals surface area contributed by atoms with E-state index in [0.29, 0.717) is 5.56 Å². The smallest absolute Gasteiger partial charge is 0.341 e. The molecule has 0 fully saturated rings. The summed E-state index contributed by atoms with van der Waals surface area (Å²) in [5.41, 5.74) is 4.01. The van der Waals surface area contributed by atoms with Gasteiger partial charge in [0.25, 0.3) is 0 Å². The van der Waals surface area contributed by atoms with E-state index in [2.05, 4.69) is 19.9 Å². The molecule has 0 saturated heterocycles. The second kappa shape index (κ2) is 13.0. The maximum absolute atomic E-state index is 12.2. The molecule has 0 N–H and O–H groups in total. The van der Waals surface area contributed by atoms with Crippen LogP contribution in [0.2, 0.25) is 0 Å². The zero-order chi connectivity index (χ0) is 20.9. The van der Waals surface area contributed by atoms with Gasteiger partial charge in [0.15, 0.2) is 0 Å². The van der Waals surface area contributed by atoms with Crippen molar-refractivity contribution in [2.75, 3.05) is 6.79 Å². The number of unbranched alkanes of at least 4 members (excludes halogenated alkanes) is 7. The molecule has 158 valence electrons. The standard InChI is InChI=1S/C26H36O3/c1-4-5-6-7-8-9-10-11-14-23-18-22(3)16-17-25(23)28-20-29-26(27)24-15-12-13-21(2)19-24/h12-13,15-19H,4-11,14,20H2,1-3H3. The third-order valence-electron chi connectivity index (χ3n) is 5.17. The lowest BCUT2D eigenvalue weighted by atomic mass is 10.0. The summed E-state index contributed by atoms with van der Waals surface area (Å²) >= 11 is 0. The van der Waals surface area contributed by atoms with Gasteiger partial charge >= 0.3 is 5.97 Å². The van der Waals surface area contributed by atoms with E-state index in [4.69, 9.17) is 9.47 Å². The van der Waals surface area contributed by atoms with Crippen molar-refractivity contribution in [2.24, 2.45) is 0 Å². The van der Waals surface area contributed by atoms with Gasteiger partial charge in [-0.3, -0.25) is 0 Å². The Kier molecular flexibility index (Phi) is 10.3. The molecule has 2 aromatic carbocycles. The van der Waals surface area contributed by atoms with Crippen LogP contribution >= 0.6 is 0 Å². The molecule has 0 spiro atoms. The fourth-order valence-electron chi connectivity index (χ4n) is 3.50. The second-order valence-electron chi connectivity index (χ2n) is 7.90. The minimum atomic E-state index is -0.356. The molecule has 29 heavy (non-hydrogen) atoms. The van der Waals surface area contributed by atoms with Gasteiger partial charge in [0.1, 0.15) is 5.75 Å². The molecule has 0 unspecified atom stereocenters. The van der Waals surface area contributed by atoms with Crippen LogP contribution in [0.25, 0.3) is 0 Å². The Labute approximate surface area is 176 Å². The van der Waals surface area contributed by atoms with Crippen LogP contribution in [0.3, 0.4) is 0 Å². The van der Waals surface area contributed by atoms with Crippen LogP contribution in [0.5, 0.6) is 5.75 Å². The topological polar surface area (TPSA) is 35.5 Å². The summed E-state index contributed by atoms with van der Waals surface area (Å²) in [6.07, 6.45) is 11.4. The Morgan fingerprint density at radius 1 is 0.828 bits per heavy atom. The summed E-state index contributed by atoms with van der Waals surface area (Å²) in [4.78, 5) is 12.2. The average Bonchev–Trinajstić information content (AvgIpc) is 2.71. The number of carbonyl (C=O) groups is 1. The molecular weight excluding hydrogens is 360 g/mol. The third-order valence-corrected chi connectivity index (χ3v) is 5.17. The van der Waals surface area contributed by atoms with Crippen LogP contribution in [0.15, 0.2) is 42.5 Å². The van der Waals surface area contributed by atoms with Crippen molar-refractivity contribution in [3.63, 3.8) is 0 Å². The van der Waals surface area contributed by atoms with Crippen molar-refractivity contribution in [3.8, 4) is 5.75 Å². The summed E-state index contributed by atoms with van der Waals surface area (Å²) in [5, 5.41) is 0. The van der Waals surface area contributed by atoms with E-state index < -0.39 is 0 Å². The number of carbonyl (C=O) groups excluding carboxylic acids is 1. The van der Waals surface area contributed by atoms with Crippen molar-refractivity contribution in [3.05, 3.63) is 64.7 Å². The number of hydrogen-bond donors (Lipinski definition) is 0. The average molecular weight is 397 g/mol. The van der Waals surface area contributed by atoms with Gasteiger partial charge in [0, 0.05) is 0 Å². The largest absolute Gasteiger partial charge is 0.457 e. The van der Waals surface area contributed by atoms with Crippen LogP contribution in [0.1, 0.15) is 85.3 Å². The van der Waals surface area contributed by atoms with Gasteiger partial charge in [0.2, 0.25) is 6.79 Å². The molecular formula is C26H36O3. The Morgan fingerprint density at radius 2 is 1.52 bits per heavy atom. The Bertz CT molecular complexity index is 751. The Balaban J connectivity index is 1.76. The number of hydrogen-bond acceptors (Lipinski definition) is 3. The fourth-order valence-corrected chi connectivity index (χ4v) is 3.50. The first kappa shape index (κ1) is 23.0.